The summed E-state index contributed by atoms with van der Waals surface area (Å²) in [6, 6.07) is 7.54. The van der Waals surface area contributed by atoms with Gasteiger partial charge in [-0.1, -0.05) is 12.1 Å². The smallest absolute Gasteiger partial charge is 0.251 e. The van der Waals surface area contributed by atoms with Crippen molar-refractivity contribution in [2.75, 3.05) is 20.2 Å². The highest BCUT2D eigenvalue weighted by atomic mass is 16.5. The summed E-state index contributed by atoms with van der Waals surface area (Å²) in [5.74, 6) is 1.94. The Balaban J connectivity index is 1.83. The Morgan fingerprint density at radius 3 is 2.95 bits per heavy atom. The van der Waals surface area contributed by atoms with Crippen molar-refractivity contribution >= 4 is 5.91 Å². The van der Waals surface area contributed by atoms with E-state index in [-0.39, 0.29) is 11.8 Å². The lowest BCUT2D eigenvalue weighted by Crippen LogP contribution is -2.37. The van der Waals surface area contributed by atoms with Crippen LogP contribution in [0.5, 0.6) is 5.75 Å². The van der Waals surface area contributed by atoms with Crippen LogP contribution in [0.4, 0.5) is 0 Å². The number of para-hydroxylation sites is 1. The van der Waals surface area contributed by atoms with E-state index in [0.717, 1.165) is 24.9 Å². The van der Waals surface area contributed by atoms with Gasteiger partial charge in [0.25, 0.3) is 5.89 Å². The van der Waals surface area contributed by atoms with E-state index in [1.807, 2.05) is 29.2 Å². The molecule has 0 radical (unpaired) electrons. The monoisotopic (exact) mass is 301 g/mol. The van der Waals surface area contributed by atoms with Crippen LogP contribution in [-0.2, 0) is 4.79 Å². The molecule has 2 heterocycles. The molecule has 1 saturated heterocycles. The van der Waals surface area contributed by atoms with Crippen LogP contribution in [0.3, 0.4) is 0 Å². The highest BCUT2D eigenvalue weighted by Crippen LogP contribution is 2.32. The van der Waals surface area contributed by atoms with Crippen LogP contribution in [0.25, 0.3) is 11.5 Å². The molecule has 0 spiro atoms. The van der Waals surface area contributed by atoms with Gasteiger partial charge >= 0.3 is 0 Å². The minimum Gasteiger partial charge on any atom is -0.496 e. The third-order valence-electron chi connectivity index (χ3n) is 3.99. The maximum absolute atomic E-state index is 11.5. The minimum atomic E-state index is 0.0918. The van der Waals surface area contributed by atoms with Crippen molar-refractivity contribution in [3.8, 4) is 17.2 Å². The number of hydrogen-bond donors (Lipinski definition) is 0. The summed E-state index contributed by atoms with van der Waals surface area (Å²) in [4.78, 5) is 13.4. The van der Waals surface area contributed by atoms with Gasteiger partial charge in [-0.2, -0.15) is 0 Å². The molecule has 0 saturated carbocycles. The number of hydrogen-bond acceptors (Lipinski definition) is 5. The largest absolute Gasteiger partial charge is 0.496 e. The van der Waals surface area contributed by atoms with Gasteiger partial charge in [0.2, 0.25) is 11.8 Å². The van der Waals surface area contributed by atoms with Gasteiger partial charge < -0.3 is 14.1 Å². The Bertz CT molecular complexity index is 668. The SMILES string of the molecule is COc1ccccc1-c1nnc([C@H]2CCCN(C(C)=O)C2)o1. The van der Waals surface area contributed by atoms with Crippen LogP contribution in [0, 0.1) is 0 Å². The Hall–Kier alpha value is -2.37. The average molecular weight is 301 g/mol. The summed E-state index contributed by atoms with van der Waals surface area (Å²) in [7, 11) is 1.61. The van der Waals surface area contributed by atoms with Crippen molar-refractivity contribution < 1.29 is 13.9 Å². The molecule has 6 nitrogen and oxygen atoms in total. The van der Waals surface area contributed by atoms with Crippen molar-refractivity contribution in [3.63, 3.8) is 0 Å². The number of benzene rings is 1. The van der Waals surface area contributed by atoms with Crippen LogP contribution >= 0.6 is 0 Å². The Morgan fingerprint density at radius 1 is 1.36 bits per heavy atom. The van der Waals surface area contributed by atoms with E-state index < -0.39 is 0 Å². The summed E-state index contributed by atoms with van der Waals surface area (Å²) in [5.41, 5.74) is 0.781. The number of rotatable bonds is 3. The highest BCUT2D eigenvalue weighted by molar-refractivity contribution is 5.73. The predicted molar refractivity (Wildman–Crippen MR) is 80.5 cm³/mol. The fraction of sp³-hybridized carbons (Fsp3) is 0.438. The molecule has 1 amide bonds. The highest BCUT2D eigenvalue weighted by Gasteiger charge is 2.27. The van der Waals surface area contributed by atoms with E-state index in [9.17, 15) is 4.79 Å². The second kappa shape index (κ2) is 6.17. The fourth-order valence-corrected chi connectivity index (χ4v) is 2.79. The molecule has 0 bridgehead atoms. The summed E-state index contributed by atoms with van der Waals surface area (Å²) in [6.45, 7) is 3.04. The van der Waals surface area contributed by atoms with E-state index in [0.29, 0.717) is 24.1 Å². The first-order valence-electron chi connectivity index (χ1n) is 7.41. The topological polar surface area (TPSA) is 68.5 Å². The van der Waals surface area contributed by atoms with Crippen molar-refractivity contribution in [1.29, 1.82) is 0 Å². The van der Waals surface area contributed by atoms with Crippen LogP contribution in [-0.4, -0.2) is 41.2 Å². The summed E-state index contributed by atoms with van der Waals surface area (Å²) < 4.78 is 11.2. The molecule has 22 heavy (non-hydrogen) atoms. The van der Waals surface area contributed by atoms with Gasteiger partial charge in [-0.05, 0) is 25.0 Å². The number of carbonyl (C=O) groups is 1. The van der Waals surface area contributed by atoms with Crippen molar-refractivity contribution in [2.24, 2.45) is 0 Å². The zero-order valence-corrected chi connectivity index (χ0v) is 12.8. The van der Waals surface area contributed by atoms with Gasteiger partial charge in [0.05, 0.1) is 18.6 Å². The van der Waals surface area contributed by atoms with Crippen molar-refractivity contribution in [1.82, 2.24) is 15.1 Å². The number of likely N-dealkylation sites (tertiary alicyclic amines) is 1. The molecule has 6 heteroatoms. The number of aromatic nitrogens is 2. The van der Waals surface area contributed by atoms with Gasteiger partial charge in [0.1, 0.15) is 5.75 Å². The van der Waals surface area contributed by atoms with Crippen molar-refractivity contribution in [2.45, 2.75) is 25.7 Å². The first kappa shape index (κ1) is 14.6. The lowest BCUT2D eigenvalue weighted by atomic mass is 9.98. The molecule has 0 unspecified atom stereocenters. The predicted octanol–water partition coefficient (Wildman–Crippen LogP) is 2.47. The molecule has 0 aliphatic carbocycles. The second-order valence-corrected chi connectivity index (χ2v) is 5.45. The molecule has 0 N–H and O–H groups in total. The Labute approximate surface area is 129 Å². The quantitative estimate of drug-likeness (QED) is 0.871. The number of methoxy groups -OCH3 is 1. The van der Waals surface area contributed by atoms with Crippen LogP contribution in [0.1, 0.15) is 31.6 Å². The average Bonchev–Trinajstić information content (AvgIpc) is 3.04. The molecule has 1 aliphatic rings. The van der Waals surface area contributed by atoms with Crippen molar-refractivity contribution in [3.05, 3.63) is 30.2 Å². The first-order chi connectivity index (χ1) is 10.7. The third kappa shape index (κ3) is 2.81. The molecule has 3 rings (SSSR count). The third-order valence-corrected chi connectivity index (χ3v) is 3.99. The molecule has 1 atom stereocenters. The zero-order valence-electron chi connectivity index (χ0n) is 12.8. The molecule has 1 aromatic carbocycles. The van der Waals surface area contributed by atoms with E-state index >= 15 is 0 Å². The van der Waals surface area contributed by atoms with Gasteiger partial charge in [-0.3, -0.25) is 4.79 Å². The number of ether oxygens (including phenoxy) is 1. The van der Waals surface area contributed by atoms with Crippen LogP contribution in [0.2, 0.25) is 0 Å². The van der Waals surface area contributed by atoms with E-state index in [2.05, 4.69) is 10.2 Å². The summed E-state index contributed by atoms with van der Waals surface area (Å²) in [5, 5.41) is 8.32. The van der Waals surface area contributed by atoms with E-state index in [1.165, 1.54) is 0 Å². The number of amides is 1. The molecule has 116 valence electrons. The van der Waals surface area contributed by atoms with Crippen LogP contribution in [0.15, 0.2) is 28.7 Å². The van der Waals surface area contributed by atoms with Gasteiger partial charge in [-0.25, -0.2) is 0 Å². The number of nitrogens with zero attached hydrogens (tertiary/aromatic N) is 3. The fourth-order valence-electron chi connectivity index (χ4n) is 2.79. The summed E-state index contributed by atoms with van der Waals surface area (Å²) in [6.07, 6.45) is 1.91. The van der Waals surface area contributed by atoms with Gasteiger partial charge in [0, 0.05) is 20.0 Å². The standard InChI is InChI=1S/C16H19N3O3/c1-11(20)19-9-5-6-12(10-19)15-17-18-16(22-15)13-7-3-4-8-14(13)21-2/h3-4,7-8,12H,5-6,9-10H2,1-2H3/t12-/m0/s1. The van der Waals surface area contributed by atoms with Gasteiger partial charge in [-0.15, -0.1) is 10.2 Å². The lowest BCUT2D eigenvalue weighted by molar-refractivity contribution is -0.130. The van der Waals surface area contributed by atoms with E-state index in [4.69, 9.17) is 9.15 Å². The number of carbonyl (C=O) groups excluding carboxylic acids is 1. The van der Waals surface area contributed by atoms with Gasteiger partial charge in [0.15, 0.2) is 0 Å². The Kier molecular flexibility index (Phi) is 4.09. The maximum Gasteiger partial charge on any atom is 0.251 e. The van der Waals surface area contributed by atoms with E-state index in [1.54, 1.807) is 14.0 Å². The minimum absolute atomic E-state index is 0.0918. The second-order valence-electron chi connectivity index (χ2n) is 5.45. The molecule has 1 aliphatic heterocycles. The summed E-state index contributed by atoms with van der Waals surface area (Å²) >= 11 is 0. The molecule has 2 aromatic rings. The number of piperidine rings is 1. The molecule has 1 fully saturated rings. The maximum atomic E-state index is 11.5. The Morgan fingerprint density at radius 2 is 2.18 bits per heavy atom. The zero-order chi connectivity index (χ0) is 15.5. The first-order valence-corrected chi connectivity index (χ1v) is 7.41. The molecule has 1 aromatic heterocycles. The van der Waals surface area contributed by atoms with Crippen LogP contribution < -0.4 is 4.74 Å². The normalized spacial score (nSPS) is 18.3. The molecular weight excluding hydrogens is 282 g/mol. The molecular formula is C16H19N3O3. The lowest BCUT2D eigenvalue weighted by Gasteiger charge is -2.30.